The molecule has 1 aromatic rings. The maximum atomic E-state index is 13.6. The normalized spacial score (nSPS) is 17.6. The molecule has 1 saturated heterocycles. The fourth-order valence-corrected chi connectivity index (χ4v) is 2.00. The summed E-state index contributed by atoms with van der Waals surface area (Å²) in [6.45, 7) is 0.800. The molecule has 0 saturated carbocycles. The smallest absolute Gasteiger partial charge is 0.130 e. The van der Waals surface area contributed by atoms with Gasteiger partial charge in [-0.3, -0.25) is 0 Å². The predicted octanol–water partition coefficient (Wildman–Crippen LogP) is 2.54. The first-order chi connectivity index (χ1) is 7.68. The number of halogens is 2. The lowest BCUT2D eigenvalue weighted by atomic mass is 9.75. The Morgan fingerprint density at radius 1 is 1.38 bits per heavy atom. The van der Waals surface area contributed by atoms with Crippen LogP contribution in [0.5, 0.6) is 0 Å². The Hall–Kier alpha value is -1.47. The molecule has 0 unspecified atom stereocenters. The minimum absolute atomic E-state index is 0.347. The summed E-state index contributed by atoms with van der Waals surface area (Å²) in [5, 5.41) is 8.56. The molecule has 0 bridgehead atoms. The minimum Gasteiger partial charge on any atom is -0.379 e. The summed E-state index contributed by atoms with van der Waals surface area (Å²) >= 11 is 0. The van der Waals surface area contributed by atoms with Crippen molar-refractivity contribution in [2.24, 2.45) is 0 Å². The molecule has 0 spiro atoms. The highest BCUT2D eigenvalue weighted by atomic mass is 19.1. The van der Waals surface area contributed by atoms with E-state index in [1.54, 1.807) is 0 Å². The first-order valence-corrected chi connectivity index (χ1v) is 5.08. The number of ether oxygens (including phenoxy) is 1. The van der Waals surface area contributed by atoms with Crippen molar-refractivity contribution in [2.45, 2.75) is 18.3 Å². The van der Waals surface area contributed by atoms with Gasteiger partial charge < -0.3 is 4.74 Å². The average molecular weight is 223 g/mol. The molecular weight excluding hydrogens is 212 g/mol. The van der Waals surface area contributed by atoms with Crippen molar-refractivity contribution >= 4 is 0 Å². The van der Waals surface area contributed by atoms with Crippen molar-refractivity contribution in [3.63, 3.8) is 0 Å². The standard InChI is InChI=1S/C12H11F2NO/c13-9-2-3-10(11(14)6-9)12(4-1-5-15)7-16-8-12/h2-3,6H,1,4,7-8H2. The van der Waals surface area contributed by atoms with E-state index >= 15 is 0 Å². The molecule has 1 heterocycles. The summed E-state index contributed by atoms with van der Waals surface area (Å²) in [4.78, 5) is 0. The van der Waals surface area contributed by atoms with Gasteiger partial charge in [-0.2, -0.15) is 5.26 Å². The van der Waals surface area contributed by atoms with Gasteiger partial charge in [0.1, 0.15) is 11.6 Å². The van der Waals surface area contributed by atoms with E-state index in [9.17, 15) is 8.78 Å². The Kier molecular flexibility index (Phi) is 2.88. The van der Waals surface area contributed by atoms with Crippen LogP contribution < -0.4 is 0 Å². The van der Waals surface area contributed by atoms with Gasteiger partial charge >= 0.3 is 0 Å². The van der Waals surface area contributed by atoms with Crippen molar-refractivity contribution in [3.8, 4) is 6.07 Å². The van der Waals surface area contributed by atoms with Crippen molar-refractivity contribution in [2.75, 3.05) is 13.2 Å². The Morgan fingerprint density at radius 3 is 2.62 bits per heavy atom. The second-order valence-corrected chi connectivity index (χ2v) is 4.06. The number of rotatable bonds is 3. The van der Waals surface area contributed by atoms with Gasteiger partial charge in [0.2, 0.25) is 0 Å². The van der Waals surface area contributed by atoms with Crippen LogP contribution in [0.3, 0.4) is 0 Å². The first-order valence-electron chi connectivity index (χ1n) is 5.08. The maximum absolute atomic E-state index is 13.6. The van der Waals surface area contributed by atoms with Crippen LogP contribution in [0.2, 0.25) is 0 Å². The first kappa shape index (κ1) is 11.0. The molecule has 2 nitrogen and oxygen atoms in total. The number of nitriles is 1. The Labute approximate surface area is 92.5 Å². The molecule has 0 aromatic heterocycles. The van der Waals surface area contributed by atoms with Gasteiger partial charge in [-0.1, -0.05) is 6.07 Å². The largest absolute Gasteiger partial charge is 0.379 e. The van der Waals surface area contributed by atoms with Gasteiger partial charge in [0.15, 0.2) is 0 Å². The highest BCUT2D eigenvalue weighted by molar-refractivity contribution is 5.30. The zero-order valence-electron chi connectivity index (χ0n) is 8.67. The van der Waals surface area contributed by atoms with E-state index in [1.165, 1.54) is 12.1 Å². The average Bonchev–Trinajstić information content (AvgIpc) is 2.19. The molecule has 4 heteroatoms. The highest BCUT2D eigenvalue weighted by Gasteiger charge is 2.41. The predicted molar refractivity (Wildman–Crippen MR) is 53.7 cm³/mol. The van der Waals surface area contributed by atoms with Gasteiger partial charge in [-0.05, 0) is 18.1 Å². The van der Waals surface area contributed by atoms with Crippen LogP contribution in [0.1, 0.15) is 18.4 Å². The number of hydrogen-bond acceptors (Lipinski definition) is 2. The topological polar surface area (TPSA) is 33.0 Å². The van der Waals surface area contributed by atoms with Crippen molar-refractivity contribution in [1.29, 1.82) is 5.26 Å². The summed E-state index contributed by atoms with van der Waals surface area (Å²) in [5.74, 6) is -1.14. The molecule has 1 fully saturated rings. The molecule has 1 aliphatic heterocycles. The number of nitrogens with zero attached hydrogens (tertiary/aromatic N) is 1. The zero-order valence-corrected chi connectivity index (χ0v) is 8.67. The summed E-state index contributed by atoms with van der Waals surface area (Å²) in [5.41, 5.74) is 0.0171. The third-order valence-electron chi connectivity index (χ3n) is 2.97. The zero-order chi connectivity index (χ0) is 11.6. The molecule has 0 radical (unpaired) electrons. The van der Waals surface area contributed by atoms with Gasteiger partial charge in [0.05, 0.1) is 19.3 Å². The van der Waals surface area contributed by atoms with Crippen LogP contribution in [0.4, 0.5) is 8.78 Å². The summed E-state index contributed by atoms with van der Waals surface area (Å²) in [6, 6.07) is 5.61. The van der Waals surface area contributed by atoms with E-state index in [0.717, 1.165) is 6.07 Å². The second-order valence-electron chi connectivity index (χ2n) is 4.06. The summed E-state index contributed by atoms with van der Waals surface area (Å²) in [7, 11) is 0. The van der Waals surface area contributed by atoms with Crippen LogP contribution in [0.25, 0.3) is 0 Å². The van der Waals surface area contributed by atoms with Gasteiger partial charge in [-0.15, -0.1) is 0 Å². The molecule has 0 amide bonds. The Morgan fingerprint density at radius 2 is 2.12 bits per heavy atom. The van der Waals surface area contributed by atoms with Crippen LogP contribution >= 0.6 is 0 Å². The van der Waals surface area contributed by atoms with Crippen LogP contribution in [0, 0.1) is 23.0 Å². The maximum Gasteiger partial charge on any atom is 0.130 e. The van der Waals surface area contributed by atoms with Crippen LogP contribution in [-0.2, 0) is 10.2 Å². The van der Waals surface area contributed by atoms with Crippen molar-refractivity contribution in [3.05, 3.63) is 35.4 Å². The van der Waals surface area contributed by atoms with Gasteiger partial charge in [0.25, 0.3) is 0 Å². The molecule has 2 rings (SSSR count). The summed E-state index contributed by atoms with van der Waals surface area (Å²) < 4.78 is 31.5. The molecule has 1 aromatic carbocycles. The lowest BCUT2D eigenvalue weighted by Crippen LogP contribution is -2.47. The van der Waals surface area contributed by atoms with Crippen LogP contribution in [0.15, 0.2) is 18.2 Å². The van der Waals surface area contributed by atoms with Crippen molar-refractivity contribution < 1.29 is 13.5 Å². The van der Waals surface area contributed by atoms with Gasteiger partial charge in [0, 0.05) is 17.9 Å². The van der Waals surface area contributed by atoms with E-state index in [4.69, 9.17) is 10.00 Å². The van der Waals surface area contributed by atoms with E-state index in [2.05, 4.69) is 0 Å². The minimum atomic E-state index is -0.586. The molecule has 0 aliphatic carbocycles. The number of benzene rings is 1. The van der Waals surface area contributed by atoms with E-state index in [-0.39, 0.29) is 0 Å². The molecule has 0 N–H and O–H groups in total. The molecule has 16 heavy (non-hydrogen) atoms. The van der Waals surface area contributed by atoms with Crippen molar-refractivity contribution in [1.82, 2.24) is 0 Å². The van der Waals surface area contributed by atoms with Crippen LogP contribution in [-0.4, -0.2) is 13.2 Å². The highest BCUT2D eigenvalue weighted by Crippen LogP contribution is 2.38. The lowest BCUT2D eigenvalue weighted by molar-refractivity contribution is -0.0653. The monoisotopic (exact) mass is 223 g/mol. The fourth-order valence-electron chi connectivity index (χ4n) is 2.00. The molecule has 1 aliphatic rings. The third-order valence-corrected chi connectivity index (χ3v) is 2.97. The quantitative estimate of drug-likeness (QED) is 0.788. The fraction of sp³-hybridized carbons (Fsp3) is 0.417. The van der Waals surface area contributed by atoms with Gasteiger partial charge in [-0.25, -0.2) is 8.78 Å². The van der Waals surface area contributed by atoms with E-state index < -0.39 is 17.0 Å². The molecule has 0 atom stereocenters. The second kappa shape index (κ2) is 4.18. The lowest BCUT2D eigenvalue weighted by Gasteiger charge is -2.41. The number of hydrogen-bond donors (Lipinski definition) is 0. The van der Waals surface area contributed by atoms with E-state index in [1.807, 2.05) is 6.07 Å². The van der Waals surface area contributed by atoms with E-state index in [0.29, 0.717) is 31.6 Å². The SMILES string of the molecule is N#CCCC1(c2ccc(F)cc2F)COC1. The Balaban J connectivity index is 2.30. The third kappa shape index (κ3) is 1.79. The summed E-state index contributed by atoms with van der Waals surface area (Å²) in [6.07, 6.45) is 0.895. The molecule has 84 valence electrons. The Bertz CT molecular complexity index is 435. The molecular formula is C12H11F2NO.